The molecule has 3 aliphatic rings. The highest BCUT2D eigenvalue weighted by molar-refractivity contribution is 5.67. The SMILES string of the molecule is CCC=CCCCC1CCC(C2CCC(CCC3CC=C(c4ccc(CCC)c(F)c4F)CC3)CC2)CC1. The summed E-state index contributed by atoms with van der Waals surface area (Å²) in [6.45, 7) is 4.22. The molecule has 1 aromatic rings. The molecule has 0 aliphatic heterocycles. The van der Waals surface area contributed by atoms with Gasteiger partial charge in [0.2, 0.25) is 0 Å². The fourth-order valence-electron chi connectivity index (χ4n) is 7.87. The van der Waals surface area contributed by atoms with Crippen LogP contribution in [-0.4, -0.2) is 0 Å². The zero-order chi connectivity index (χ0) is 26.7. The van der Waals surface area contributed by atoms with Crippen LogP contribution in [-0.2, 0) is 6.42 Å². The van der Waals surface area contributed by atoms with Crippen molar-refractivity contribution >= 4 is 5.57 Å². The Balaban J connectivity index is 1.13. The standard InChI is InChI=1S/C36H54F2/c1-3-5-6-7-8-10-27-13-19-30(20-14-27)31-21-15-28(16-22-31)11-12-29-17-23-32(24-18-29)34-26-25-33(9-4-2)35(37)36(34)38/h5-6,23,25-31H,3-4,7-22,24H2,1-2H3. The molecule has 4 rings (SSSR count). The van der Waals surface area contributed by atoms with Crippen molar-refractivity contribution in [3.05, 3.63) is 53.1 Å². The second-order valence-corrected chi connectivity index (χ2v) is 13.0. The molecule has 0 N–H and O–H groups in total. The summed E-state index contributed by atoms with van der Waals surface area (Å²) in [4.78, 5) is 0. The fourth-order valence-corrected chi connectivity index (χ4v) is 7.87. The molecule has 2 heteroatoms. The smallest absolute Gasteiger partial charge is 0.166 e. The van der Waals surface area contributed by atoms with E-state index in [2.05, 4.69) is 25.2 Å². The van der Waals surface area contributed by atoms with Gasteiger partial charge in [0, 0.05) is 5.56 Å². The number of hydrogen-bond donors (Lipinski definition) is 0. The summed E-state index contributed by atoms with van der Waals surface area (Å²) < 4.78 is 29.2. The molecular formula is C36H54F2. The first-order chi connectivity index (χ1) is 18.6. The van der Waals surface area contributed by atoms with Gasteiger partial charge in [-0.25, -0.2) is 8.78 Å². The predicted octanol–water partition coefficient (Wildman–Crippen LogP) is 11.6. The molecule has 0 radical (unpaired) electrons. The Morgan fingerprint density at radius 1 is 0.737 bits per heavy atom. The highest BCUT2D eigenvalue weighted by Gasteiger charge is 2.31. The summed E-state index contributed by atoms with van der Waals surface area (Å²) in [6.07, 6.45) is 31.1. The van der Waals surface area contributed by atoms with Crippen LogP contribution < -0.4 is 0 Å². The van der Waals surface area contributed by atoms with E-state index in [-0.39, 0.29) is 0 Å². The van der Waals surface area contributed by atoms with E-state index in [0.717, 1.165) is 60.8 Å². The Labute approximate surface area is 232 Å². The van der Waals surface area contributed by atoms with E-state index in [4.69, 9.17) is 0 Å². The minimum Gasteiger partial charge on any atom is -0.203 e. The number of aryl methyl sites for hydroxylation is 1. The van der Waals surface area contributed by atoms with Crippen LogP contribution >= 0.6 is 0 Å². The quantitative estimate of drug-likeness (QED) is 0.188. The van der Waals surface area contributed by atoms with Crippen LogP contribution in [0.4, 0.5) is 8.78 Å². The summed E-state index contributed by atoms with van der Waals surface area (Å²) in [5.74, 6) is 3.38. The van der Waals surface area contributed by atoms with Crippen molar-refractivity contribution in [3.63, 3.8) is 0 Å². The Hall–Kier alpha value is -1.44. The maximum absolute atomic E-state index is 14.7. The topological polar surface area (TPSA) is 0 Å². The molecule has 0 saturated heterocycles. The lowest BCUT2D eigenvalue weighted by atomic mass is 9.68. The molecule has 1 atom stereocenters. The molecular weight excluding hydrogens is 470 g/mol. The third-order valence-electron chi connectivity index (χ3n) is 10.4. The Morgan fingerprint density at radius 3 is 2.00 bits per heavy atom. The number of allylic oxidation sites excluding steroid dienone is 4. The third kappa shape index (κ3) is 8.28. The number of unbranched alkanes of at least 4 members (excludes halogenated alkanes) is 1. The summed E-state index contributed by atoms with van der Waals surface area (Å²) in [6, 6.07) is 3.60. The molecule has 2 fully saturated rings. The van der Waals surface area contributed by atoms with E-state index in [0.29, 0.717) is 17.5 Å². The first-order valence-electron chi connectivity index (χ1n) is 16.4. The molecule has 1 aromatic carbocycles. The molecule has 0 amide bonds. The summed E-state index contributed by atoms with van der Waals surface area (Å²) in [5, 5.41) is 0. The average Bonchev–Trinajstić information content (AvgIpc) is 2.95. The molecule has 38 heavy (non-hydrogen) atoms. The molecule has 1 unspecified atom stereocenters. The summed E-state index contributed by atoms with van der Waals surface area (Å²) in [5.41, 5.74) is 2.03. The van der Waals surface area contributed by atoms with E-state index < -0.39 is 11.6 Å². The van der Waals surface area contributed by atoms with Gasteiger partial charge in [-0.05, 0) is 118 Å². The van der Waals surface area contributed by atoms with E-state index >= 15 is 0 Å². The third-order valence-corrected chi connectivity index (χ3v) is 10.4. The average molecular weight is 525 g/mol. The van der Waals surface area contributed by atoms with Gasteiger partial charge in [0.25, 0.3) is 0 Å². The van der Waals surface area contributed by atoms with Crippen molar-refractivity contribution in [2.24, 2.45) is 29.6 Å². The minimum atomic E-state index is -0.634. The normalized spacial score (nSPS) is 28.5. The number of halogens is 2. The number of rotatable bonds is 12. The van der Waals surface area contributed by atoms with Crippen LogP contribution in [0, 0.1) is 41.2 Å². The van der Waals surface area contributed by atoms with E-state index in [1.807, 2.05) is 13.0 Å². The van der Waals surface area contributed by atoms with Crippen LogP contribution in [0.5, 0.6) is 0 Å². The van der Waals surface area contributed by atoms with Crippen LogP contribution in [0.2, 0.25) is 0 Å². The molecule has 212 valence electrons. The maximum Gasteiger partial charge on any atom is 0.166 e. The highest BCUT2D eigenvalue weighted by atomic mass is 19.2. The second-order valence-electron chi connectivity index (χ2n) is 13.0. The van der Waals surface area contributed by atoms with Gasteiger partial charge in [0.1, 0.15) is 0 Å². The van der Waals surface area contributed by atoms with E-state index in [1.54, 1.807) is 6.07 Å². The molecule has 0 nitrogen and oxygen atoms in total. The lowest BCUT2D eigenvalue weighted by Gasteiger charge is -2.38. The molecule has 2 saturated carbocycles. The number of benzene rings is 1. The minimum absolute atomic E-state index is 0.497. The van der Waals surface area contributed by atoms with Crippen LogP contribution in [0.25, 0.3) is 5.57 Å². The van der Waals surface area contributed by atoms with Crippen molar-refractivity contribution in [1.82, 2.24) is 0 Å². The van der Waals surface area contributed by atoms with Crippen molar-refractivity contribution in [3.8, 4) is 0 Å². The first kappa shape index (κ1) is 29.5. The van der Waals surface area contributed by atoms with E-state index in [1.165, 1.54) is 89.9 Å². The second kappa shape index (κ2) is 15.4. The van der Waals surface area contributed by atoms with E-state index in [9.17, 15) is 8.78 Å². The fraction of sp³-hybridized carbons (Fsp3) is 0.722. The van der Waals surface area contributed by atoms with Gasteiger partial charge in [-0.1, -0.05) is 89.2 Å². The monoisotopic (exact) mass is 524 g/mol. The molecule has 0 heterocycles. The van der Waals surface area contributed by atoms with Gasteiger partial charge in [-0.3, -0.25) is 0 Å². The van der Waals surface area contributed by atoms with Crippen molar-refractivity contribution in [1.29, 1.82) is 0 Å². The van der Waals surface area contributed by atoms with Gasteiger partial charge < -0.3 is 0 Å². The largest absolute Gasteiger partial charge is 0.203 e. The van der Waals surface area contributed by atoms with Crippen LogP contribution in [0.15, 0.2) is 30.4 Å². The summed E-state index contributed by atoms with van der Waals surface area (Å²) >= 11 is 0. The van der Waals surface area contributed by atoms with Gasteiger partial charge in [-0.2, -0.15) is 0 Å². The van der Waals surface area contributed by atoms with Crippen molar-refractivity contribution in [2.45, 2.75) is 136 Å². The Bertz CT molecular complexity index is 896. The lowest BCUT2D eigenvalue weighted by Crippen LogP contribution is -2.26. The maximum atomic E-state index is 14.7. The molecule has 0 bridgehead atoms. The number of hydrogen-bond acceptors (Lipinski definition) is 0. The lowest BCUT2D eigenvalue weighted by molar-refractivity contribution is 0.138. The van der Waals surface area contributed by atoms with Crippen LogP contribution in [0.3, 0.4) is 0 Å². The van der Waals surface area contributed by atoms with Gasteiger partial charge in [0.15, 0.2) is 11.6 Å². The Kier molecular flexibility index (Phi) is 12.0. The zero-order valence-electron chi connectivity index (χ0n) is 24.5. The van der Waals surface area contributed by atoms with Gasteiger partial charge >= 0.3 is 0 Å². The molecule has 3 aliphatic carbocycles. The zero-order valence-corrected chi connectivity index (χ0v) is 24.5. The van der Waals surface area contributed by atoms with Crippen molar-refractivity contribution in [2.75, 3.05) is 0 Å². The predicted molar refractivity (Wildman–Crippen MR) is 159 cm³/mol. The highest BCUT2D eigenvalue weighted by Crippen LogP contribution is 2.44. The van der Waals surface area contributed by atoms with Crippen molar-refractivity contribution < 1.29 is 8.78 Å². The van der Waals surface area contributed by atoms with Gasteiger partial charge in [-0.15, -0.1) is 0 Å². The molecule has 0 aromatic heterocycles. The van der Waals surface area contributed by atoms with Crippen LogP contribution in [0.1, 0.15) is 141 Å². The first-order valence-corrected chi connectivity index (χ1v) is 16.4. The summed E-state index contributed by atoms with van der Waals surface area (Å²) in [7, 11) is 0. The van der Waals surface area contributed by atoms with Gasteiger partial charge in [0.05, 0.1) is 0 Å². The Morgan fingerprint density at radius 2 is 1.39 bits per heavy atom. The molecule has 0 spiro atoms.